The van der Waals surface area contributed by atoms with Crippen LogP contribution in [-0.2, 0) is 6.54 Å². The zero-order chi connectivity index (χ0) is 14.4. The van der Waals surface area contributed by atoms with Crippen LogP contribution >= 0.6 is 39.9 Å². The van der Waals surface area contributed by atoms with Gasteiger partial charge in [-0.15, -0.1) is 24.0 Å². The van der Waals surface area contributed by atoms with E-state index in [4.69, 9.17) is 0 Å². The third-order valence-electron chi connectivity index (χ3n) is 3.60. The monoisotopic (exact) mass is 466 g/mol. The summed E-state index contributed by atoms with van der Waals surface area (Å²) >= 11 is 3.59. The van der Waals surface area contributed by atoms with Gasteiger partial charge in [0.1, 0.15) is 0 Å². The van der Waals surface area contributed by atoms with E-state index in [1.807, 2.05) is 13.1 Å². The minimum absolute atomic E-state index is 0. The summed E-state index contributed by atoms with van der Waals surface area (Å²) in [4.78, 5) is 8.95. The molecule has 0 aromatic heterocycles. The van der Waals surface area contributed by atoms with Crippen molar-refractivity contribution < 1.29 is 0 Å². The molecule has 1 N–H and O–H groups in total. The van der Waals surface area contributed by atoms with Crippen LogP contribution in [0.3, 0.4) is 0 Å². The summed E-state index contributed by atoms with van der Waals surface area (Å²) in [5.74, 6) is 0.946. The van der Waals surface area contributed by atoms with E-state index >= 15 is 0 Å². The highest BCUT2D eigenvalue weighted by atomic mass is 127. The first-order valence-electron chi connectivity index (χ1n) is 7.08. The van der Waals surface area contributed by atoms with Gasteiger partial charge < -0.3 is 15.1 Å². The van der Waals surface area contributed by atoms with Gasteiger partial charge in [0.25, 0.3) is 0 Å². The fourth-order valence-electron chi connectivity index (χ4n) is 2.27. The van der Waals surface area contributed by atoms with Crippen LogP contribution in [-0.4, -0.2) is 56.0 Å². The molecule has 1 aliphatic heterocycles. The SMILES string of the molecule is CN=C(NCCN1CCC1)N(C)Cc1ccccc1Br.I. The predicted molar refractivity (Wildman–Crippen MR) is 103 cm³/mol. The minimum Gasteiger partial charge on any atom is -0.355 e. The van der Waals surface area contributed by atoms with E-state index in [0.717, 1.165) is 30.1 Å². The number of hydrogen-bond acceptors (Lipinski definition) is 2. The number of aliphatic imine (C=N–C) groups is 1. The molecule has 0 spiro atoms. The third-order valence-corrected chi connectivity index (χ3v) is 4.37. The normalized spacial score (nSPS) is 15.1. The molecule has 0 aliphatic carbocycles. The highest BCUT2D eigenvalue weighted by Crippen LogP contribution is 2.17. The van der Waals surface area contributed by atoms with Gasteiger partial charge >= 0.3 is 0 Å². The molecule has 1 saturated heterocycles. The second kappa shape index (κ2) is 9.63. The Hall–Kier alpha value is -0.340. The lowest BCUT2D eigenvalue weighted by Gasteiger charge is -2.31. The Morgan fingerprint density at radius 3 is 2.67 bits per heavy atom. The lowest BCUT2D eigenvalue weighted by atomic mass is 10.2. The number of benzene rings is 1. The maximum absolute atomic E-state index is 4.35. The first kappa shape index (κ1) is 18.7. The van der Waals surface area contributed by atoms with E-state index in [1.165, 1.54) is 25.1 Å². The maximum atomic E-state index is 4.35. The molecule has 0 amide bonds. The van der Waals surface area contributed by atoms with Gasteiger partial charge in [0.15, 0.2) is 5.96 Å². The van der Waals surface area contributed by atoms with Crippen molar-refractivity contribution >= 4 is 45.9 Å². The second-order valence-corrected chi connectivity index (χ2v) is 5.97. The number of nitrogens with one attached hydrogen (secondary N) is 1. The molecule has 0 atom stereocenters. The van der Waals surface area contributed by atoms with Gasteiger partial charge in [-0.25, -0.2) is 0 Å². The maximum Gasteiger partial charge on any atom is 0.193 e. The molecule has 6 heteroatoms. The van der Waals surface area contributed by atoms with Gasteiger partial charge in [-0.3, -0.25) is 4.99 Å². The van der Waals surface area contributed by atoms with Crippen molar-refractivity contribution in [2.75, 3.05) is 40.3 Å². The summed E-state index contributed by atoms with van der Waals surface area (Å²) in [6.45, 7) is 5.37. The lowest BCUT2D eigenvalue weighted by molar-refractivity contribution is 0.184. The van der Waals surface area contributed by atoms with Crippen LogP contribution in [0.25, 0.3) is 0 Å². The first-order valence-corrected chi connectivity index (χ1v) is 7.87. The van der Waals surface area contributed by atoms with E-state index in [9.17, 15) is 0 Å². The van der Waals surface area contributed by atoms with E-state index in [2.05, 4.69) is 61.3 Å². The van der Waals surface area contributed by atoms with Crippen LogP contribution in [0.15, 0.2) is 33.7 Å². The summed E-state index contributed by atoms with van der Waals surface area (Å²) < 4.78 is 1.14. The van der Waals surface area contributed by atoms with Gasteiger partial charge in [-0.05, 0) is 31.1 Å². The number of guanidine groups is 1. The zero-order valence-electron chi connectivity index (χ0n) is 12.7. The summed E-state index contributed by atoms with van der Waals surface area (Å²) in [5.41, 5.74) is 1.26. The summed E-state index contributed by atoms with van der Waals surface area (Å²) in [7, 11) is 3.90. The van der Waals surface area contributed by atoms with Crippen LogP contribution in [0.2, 0.25) is 0 Å². The fraction of sp³-hybridized carbons (Fsp3) is 0.533. The molecule has 2 rings (SSSR count). The molecule has 1 heterocycles. The van der Waals surface area contributed by atoms with Gasteiger partial charge in [0.05, 0.1) is 0 Å². The molecule has 1 aromatic carbocycles. The molecule has 1 fully saturated rings. The van der Waals surface area contributed by atoms with Crippen LogP contribution in [0.5, 0.6) is 0 Å². The average molecular weight is 467 g/mol. The summed E-state index contributed by atoms with van der Waals surface area (Å²) in [6.07, 6.45) is 1.34. The van der Waals surface area contributed by atoms with Gasteiger partial charge in [0.2, 0.25) is 0 Å². The van der Waals surface area contributed by atoms with Crippen LogP contribution in [0.1, 0.15) is 12.0 Å². The molecule has 0 bridgehead atoms. The Morgan fingerprint density at radius 2 is 2.10 bits per heavy atom. The minimum atomic E-state index is 0. The van der Waals surface area contributed by atoms with Gasteiger partial charge in [0, 0.05) is 38.2 Å². The molecular weight excluding hydrogens is 443 g/mol. The Morgan fingerprint density at radius 1 is 1.38 bits per heavy atom. The van der Waals surface area contributed by atoms with Gasteiger partial charge in [-0.1, -0.05) is 34.1 Å². The molecule has 1 aromatic rings. The predicted octanol–water partition coefficient (Wildman–Crippen LogP) is 2.78. The molecule has 21 heavy (non-hydrogen) atoms. The van der Waals surface area contributed by atoms with Crippen LogP contribution < -0.4 is 5.32 Å². The second-order valence-electron chi connectivity index (χ2n) is 5.12. The molecule has 0 unspecified atom stereocenters. The topological polar surface area (TPSA) is 30.9 Å². The lowest BCUT2D eigenvalue weighted by Crippen LogP contribution is -2.45. The van der Waals surface area contributed by atoms with Gasteiger partial charge in [-0.2, -0.15) is 0 Å². The van der Waals surface area contributed by atoms with E-state index in [0.29, 0.717) is 0 Å². The molecule has 0 saturated carbocycles. The van der Waals surface area contributed by atoms with Crippen molar-refractivity contribution in [3.63, 3.8) is 0 Å². The highest BCUT2D eigenvalue weighted by Gasteiger charge is 2.13. The van der Waals surface area contributed by atoms with Crippen LogP contribution in [0, 0.1) is 0 Å². The van der Waals surface area contributed by atoms with Crippen molar-refractivity contribution in [2.24, 2.45) is 4.99 Å². The molecular formula is C15H24BrIN4. The highest BCUT2D eigenvalue weighted by molar-refractivity contribution is 14.0. The van der Waals surface area contributed by atoms with Crippen molar-refractivity contribution in [1.29, 1.82) is 0 Å². The third kappa shape index (κ3) is 5.75. The molecule has 118 valence electrons. The van der Waals surface area contributed by atoms with Crippen LogP contribution in [0.4, 0.5) is 0 Å². The van der Waals surface area contributed by atoms with Crippen molar-refractivity contribution in [3.05, 3.63) is 34.3 Å². The van der Waals surface area contributed by atoms with E-state index in [-0.39, 0.29) is 24.0 Å². The smallest absolute Gasteiger partial charge is 0.193 e. The number of likely N-dealkylation sites (tertiary alicyclic amines) is 1. The number of rotatable bonds is 5. The number of nitrogens with zero attached hydrogens (tertiary/aromatic N) is 3. The Balaban J connectivity index is 0.00000220. The summed E-state index contributed by atoms with van der Waals surface area (Å²) in [5, 5.41) is 3.43. The van der Waals surface area contributed by atoms with E-state index in [1.54, 1.807) is 0 Å². The standard InChI is InChI=1S/C15H23BrN4.HI/c1-17-15(18-8-11-20-9-5-10-20)19(2)12-13-6-3-4-7-14(13)16;/h3-4,6-7H,5,8-12H2,1-2H3,(H,17,18);1H. The largest absolute Gasteiger partial charge is 0.355 e. The van der Waals surface area contributed by atoms with Crippen molar-refractivity contribution in [1.82, 2.24) is 15.1 Å². The Labute approximate surface area is 153 Å². The molecule has 4 nitrogen and oxygen atoms in total. The average Bonchev–Trinajstić information content (AvgIpc) is 2.39. The summed E-state index contributed by atoms with van der Waals surface area (Å²) in [6, 6.07) is 8.30. The van der Waals surface area contributed by atoms with Crippen molar-refractivity contribution in [2.45, 2.75) is 13.0 Å². The fourth-order valence-corrected chi connectivity index (χ4v) is 2.68. The zero-order valence-corrected chi connectivity index (χ0v) is 16.6. The van der Waals surface area contributed by atoms with Crippen molar-refractivity contribution in [3.8, 4) is 0 Å². The molecule has 1 aliphatic rings. The number of hydrogen-bond donors (Lipinski definition) is 1. The van der Waals surface area contributed by atoms with E-state index < -0.39 is 0 Å². The molecule has 0 radical (unpaired) electrons. The number of halogens is 2. The first-order chi connectivity index (χ1) is 9.70. The quantitative estimate of drug-likeness (QED) is 0.411. The Bertz CT molecular complexity index is 463. The Kier molecular flexibility index (Phi) is 8.58.